The number of carbonyl (C=O) groups is 1. The smallest absolute Gasteiger partial charge is 0.271 e. The van der Waals surface area contributed by atoms with E-state index in [0.29, 0.717) is 51.0 Å². The molecule has 1 aliphatic rings. The van der Waals surface area contributed by atoms with Gasteiger partial charge in [-0.2, -0.15) is 5.26 Å². The fourth-order valence-electron chi connectivity index (χ4n) is 4.45. The van der Waals surface area contributed by atoms with Gasteiger partial charge in [-0.05, 0) is 59.7 Å². The molecule has 2 heterocycles. The van der Waals surface area contributed by atoms with Gasteiger partial charge in [0.1, 0.15) is 18.1 Å². The largest absolute Gasteiger partial charge is 0.492 e. The fourth-order valence-corrected chi connectivity index (χ4v) is 5.37. The summed E-state index contributed by atoms with van der Waals surface area (Å²) in [4.78, 5) is 20.3. The molecule has 1 amide bonds. The minimum Gasteiger partial charge on any atom is -0.492 e. The number of thiazole rings is 1. The van der Waals surface area contributed by atoms with Crippen molar-refractivity contribution in [1.82, 2.24) is 9.88 Å². The lowest BCUT2D eigenvalue weighted by Crippen LogP contribution is -2.38. The highest BCUT2D eigenvalue weighted by atomic mass is 32.1. The van der Waals surface area contributed by atoms with Crippen molar-refractivity contribution in [3.05, 3.63) is 82.9 Å². The van der Waals surface area contributed by atoms with Crippen LogP contribution < -0.4 is 14.8 Å². The van der Waals surface area contributed by atoms with E-state index in [0.717, 1.165) is 37.5 Å². The number of nitriles is 1. The standard InChI is InChI=1S/C30H30N4O6S/c31-17-20-1-3-21(4-2-20)28(29(37)33-30-32-26-15-22(18-35)23(19-36)16-27(26)41-30)40-25-7-5-24(6-8-25)39-14-11-34-9-12-38-13-10-34/h1-8,15-16,28,35-36H,9-14,18-19H2,(H,32,33,37). The van der Waals surface area contributed by atoms with Gasteiger partial charge in [-0.15, -0.1) is 0 Å². The Balaban J connectivity index is 1.30. The molecule has 4 aromatic rings. The van der Waals surface area contributed by atoms with E-state index < -0.39 is 12.0 Å². The van der Waals surface area contributed by atoms with Crippen molar-refractivity contribution < 1.29 is 29.2 Å². The summed E-state index contributed by atoms with van der Waals surface area (Å²) >= 11 is 1.26. The Morgan fingerprint density at radius 1 is 1.05 bits per heavy atom. The van der Waals surface area contributed by atoms with Crippen molar-refractivity contribution in [2.75, 3.05) is 44.8 Å². The van der Waals surface area contributed by atoms with Crippen LogP contribution in [-0.4, -0.2) is 65.5 Å². The minimum absolute atomic E-state index is 0.211. The van der Waals surface area contributed by atoms with Gasteiger partial charge in [-0.3, -0.25) is 15.0 Å². The summed E-state index contributed by atoms with van der Waals surface area (Å²) in [6, 6.07) is 19.3. The predicted molar refractivity (Wildman–Crippen MR) is 154 cm³/mol. The van der Waals surface area contributed by atoms with E-state index in [9.17, 15) is 20.3 Å². The molecule has 0 aliphatic carbocycles. The van der Waals surface area contributed by atoms with Gasteiger partial charge in [0.2, 0.25) is 6.10 Å². The van der Waals surface area contributed by atoms with Gasteiger partial charge in [0.15, 0.2) is 5.13 Å². The van der Waals surface area contributed by atoms with Crippen LogP contribution in [0.15, 0.2) is 60.7 Å². The summed E-state index contributed by atoms with van der Waals surface area (Å²) in [5.74, 6) is 0.729. The Morgan fingerprint density at radius 2 is 1.73 bits per heavy atom. The molecule has 1 aliphatic heterocycles. The Labute approximate surface area is 241 Å². The van der Waals surface area contributed by atoms with Gasteiger partial charge in [0.25, 0.3) is 5.91 Å². The molecule has 0 radical (unpaired) electrons. The molecule has 3 N–H and O–H groups in total. The average Bonchev–Trinajstić information content (AvgIpc) is 3.41. The number of anilines is 1. The minimum atomic E-state index is -1.02. The zero-order valence-corrected chi connectivity index (χ0v) is 23.1. The number of carbonyl (C=O) groups excluding carboxylic acids is 1. The molecule has 10 nitrogen and oxygen atoms in total. The number of hydrogen-bond acceptors (Lipinski definition) is 10. The Bertz CT molecular complexity index is 1470. The number of nitrogens with zero attached hydrogens (tertiary/aromatic N) is 3. The molecule has 3 aromatic carbocycles. The topological polar surface area (TPSA) is 137 Å². The summed E-state index contributed by atoms with van der Waals surface area (Å²) < 4.78 is 18.2. The van der Waals surface area contributed by atoms with Crippen molar-refractivity contribution >= 4 is 32.6 Å². The van der Waals surface area contributed by atoms with Crippen molar-refractivity contribution in [2.45, 2.75) is 19.3 Å². The molecule has 1 saturated heterocycles. The van der Waals surface area contributed by atoms with Gasteiger partial charge in [-0.1, -0.05) is 23.5 Å². The molecule has 1 atom stereocenters. The Morgan fingerprint density at radius 3 is 2.41 bits per heavy atom. The molecule has 1 unspecified atom stereocenters. The first-order valence-electron chi connectivity index (χ1n) is 13.2. The van der Waals surface area contributed by atoms with Crippen molar-refractivity contribution in [3.8, 4) is 17.6 Å². The second-order valence-electron chi connectivity index (χ2n) is 9.42. The highest BCUT2D eigenvalue weighted by Crippen LogP contribution is 2.31. The molecule has 41 heavy (non-hydrogen) atoms. The summed E-state index contributed by atoms with van der Waals surface area (Å²) in [5.41, 5.74) is 2.83. The van der Waals surface area contributed by atoms with Gasteiger partial charge in [0.05, 0.1) is 48.3 Å². The third-order valence-electron chi connectivity index (χ3n) is 6.72. The molecule has 212 valence electrons. The van der Waals surface area contributed by atoms with Crippen LogP contribution in [0.1, 0.15) is 28.4 Å². The first-order chi connectivity index (χ1) is 20.1. The third kappa shape index (κ3) is 7.18. The highest BCUT2D eigenvalue weighted by molar-refractivity contribution is 7.22. The predicted octanol–water partition coefficient (Wildman–Crippen LogP) is 3.62. The van der Waals surface area contributed by atoms with Gasteiger partial charge in [-0.25, -0.2) is 4.98 Å². The van der Waals surface area contributed by atoms with E-state index in [1.54, 1.807) is 60.7 Å². The van der Waals surface area contributed by atoms with Crippen LogP contribution in [-0.2, 0) is 22.7 Å². The van der Waals surface area contributed by atoms with Crippen molar-refractivity contribution in [3.63, 3.8) is 0 Å². The number of amides is 1. The molecule has 1 fully saturated rings. The van der Waals surface area contributed by atoms with E-state index >= 15 is 0 Å². The number of fused-ring (bicyclic) bond motifs is 1. The van der Waals surface area contributed by atoms with Crippen LogP contribution in [0.2, 0.25) is 0 Å². The maximum atomic E-state index is 13.5. The normalized spacial score (nSPS) is 14.4. The number of ether oxygens (including phenoxy) is 3. The number of rotatable bonds is 11. The summed E-state index contributed by atoms with van der Waals surface area (Å²) in [6.45, 7) is 4.23. The van der Waals surface area contributed by atoms with Crippen LogP contribution in [0.4, 0.5) is 5.13 Å². The Hall–Kier alpha value is -4.05. The molecule has 5 rings (SSSR count). The van der Waals surface area contributed by atoms with E-state index in [-0.39, 0.29) is 13.2 Å². The summed E-state index contributed by atoms with van der Waals surface area (Å²) in [6.07, 6.45) is -1.02. The van der Waals surface area contributed by atoms with Crippen LogP contribution in [0, 0.1) is 11.3 Å². The molecule has 0 saturated carbocycles. The van der Waals surface area contributed by atoms with E-state index in [2.05, 4.69) is 21.3 Å². The van der Waals surface area contributed by atoms with E-state index in [1.807, 2.05) is 0 Å². The van der Waals surface area contributed by atoms with E-state index in [1.165, 1.54) is 11.3 Å². The number of morpholine rings is 1. The Kier molecular flexibility index (Phi) is 9.40. The van der Waals surface area contributed by atoms with Crippen molar-refractivity contribution in [2.24, 2.45) is 0 Å². The second-order valence-corrected chi connectivity index (χ2v) is 10.4. The van der Waals surface area contributed by atoms with Crippen LogP contribution in [0.25, 0.3) is 10.2 Å². The average molecular weight is 575 g/mol. The van der Waals surface area contributed by atoms with Crippen LogP contribution in [0.3, 0.4) is 0 Å². The summed E-state index contributed by atoms with van der Waals surface area (Å²) in [7, 11) is 0. The van der Waals surface area contributed by atoms with E-state index in [4.69, 9.17) is 14.2 Å². The quantitative estimate of drug-likeness (QED) is 0.245. The molecule has 0 bridgehead atoms. The van der Waals surface area contributed by atoms with Crippen LogP contribution >= 0.6 is 11.3 Å². The maximum Gasteiger partial charge on any atom is 0.271 e. The zero-order valence-electron chi connectivity index (χ0n) is 22.3. The number of hydrogen-bond donors (Lipinski definition) is 3. The summed E-state index contributed by atoms with van der Waals surface area (Å²) in [5, 5.41) is 31.6. The SMILES string of the molecule is N#Cc1ccc(C(Oc2ccc(OCCN3CCOCC3)cc2)C(=O)Nc2nc3cc(CO)c(CO)cc3s2)cc1. The molecule has 11 heteroatoms. The zero-order chi connectivity index (χ0) is 28.6. The number of nitrogens with one attached hydrogen (secondary N) is 1. The first kappa shape index (κ1) is 28.5. The first-order valence-corrected chi connectivity index (χ1v) is 14.0. The lowest BCUT2D eigenvalue weighted by atomic mass is 10.1. The fraction of sp³-hybridized carbons (Fsp3) is 0.300. The maximum absolute atomic E-state index is 13.5. The molecular formula is C30H30N4O6S. The monoisotopic (exact) mass is 574 g/mol. The molecular weight excluding hydrogens is 544 g/mol. The van der Waals surface area contributed by atoms with Gasteiger partial charge < -0.3 is 24.4 Å². The van der Waals surface area contributed by atoms with Gasteiger partial charge in [0, 0.05) is 25.2 Å². The third-order valence-corrected chi connectivity index (χ3v) is 7.65. The number of benzene rings is 3. The van der Waals surface area contributed by atoms with Crippen molar-refractivity contribution in [1.29, 1.82) is 5.26 Å². The lowest BCUT2D eigenvalue weighted by molar-refractivity contribution is -0.123. The second kappa shape index (κ2) is 13.5. The van der Waals surface area contributed by atoms with Crippen LogP contribution in [0.5, 0.6) is 11.5 Å². The number of aliphatic hydroxyl groups is 2. The molecule has 1 aromatic heterocycles. The number of aromatic nitrogens is 1. The number of aliphatic hydroxyl groups excluding tert-OH is 2. The molecule has 0 spiro atoms. The van der Waals surface area contributed by atoms with Gasteiger partial charge >= 0.3 is 0 Å². The highest BCUT2D eigenvalue weighted by Gasteiger charge is 2.24. The lowest BCUT2D eigenvalue weighted by Gasteiger charge is -2.26.